The molecular formula is C20H24N2O3. The van der Waals surface area contributed by atoms with Crippen molar-refractivity contribution in [2.24, 2.45) is 0 Å². The summed E-state index contributed by atoms with van der Waals surface area (Å²) < 4.78 is 5.50. The highest BCUT2D eigenvalue weighted by atomic mass is 16.5. The van der Waals surface area contributed by atoms with Crippen molar-refractivity contribution < 1.29 is 14.3 Å². The molecule has 0 fully saturated rings. The van der Waals surface area contributed by atoms with Gasteiger partial charge in [-0.1, -0.05) is 49.4 Å². The molecule has 2 N–H and O–H groups in total. The van der Waals surface area contributed by atoms with E-state index >= 15 is 0 Å². The maximum atomic E-state index is 11.9. The van der Waals surface area contributed by atoms with Crippen LogP contribution in [-0.2, 0) is 9.59 Å². The SMILES string of the molecule is Cc1ccc(C)c(OCC(=O)NNC(=O)CC(C)c2ccccc2)c1. The first-order valence-corrected chi connectivity index (χ1v) is 8.28. The Balaban J connectivity index is 1.74. The second-order valence-corrected chi connectivity index (χ2v) is 6.17. The van der Waals surface area contributed by atoms with Gasteiger partial charge in [0, 0.05) is 6.42 Å². The molecule has 0 heterocycles. The Hall–Kier alpha value is -2.82. The summed E-state index contributed by atoms with van der Waals surface area (Å²) in [5, 5.41) is 0. The molecular weight excluding hydrogens is 316 g/mol. The van der Waals surface area contributed by atoms with E-state index < -0.39 is 5.91 Å². The molecule has 2 rings (SSSR count). The minimum atomic E-state index is -0.401. The first-order valence-electron chi connectivity index (χ1n) is 8.28. The molecule has 132 valence electrons. The van der Waals surface area contributed by atoms with Gasteiger partial charge in [-0.25, -0.2) is 0 Å². The van der Waals surface area contributed by atoms with Crippen molar-refractivity contribution in [2.75, 3.05) is 6.61 Å². The number of rotatable bonds is 6. The van der Waals surface area contributed by atoms with E-state index in [2.05, 4.69) is 10.9 Å². The smallest absolute Gasteiger partial charge is 0.276 e. The third-order valence-electron chi connectivity index (χ3n) is 3.90. The predicted octanol–water partition coefficient (Wildman–Crippen LogP) is 3.02. The zero-order chi connectivity index (χ0) is 18.2. The van der Waals surface area contributed by atoms with E-state index in [4.69, 9.17) is 4.74 Å². The number of amides is 2. The van der Waals surface area contributed by atoms with Crippen molar-refractivity contribution in [3.8, 4) is 5.75 Å². The largest absolute Gasteiger partial charge is 0.483 e. The van der Waals surface area contributed by atoms with Gasteiger partial charge in [-0.05, 0) is 42.5 Å². The van der Waals surface area contributed by atoms with Gasteiger partial charge in [0.2, 0.25) is 5.91 Å². The fourth-order valence-electron chi connectivity index (χ4n) is 2.41. The number of benzene rings is 2. The highest BCUT2D eigenvalue weighted by Gasteiger charge is 2.12. The normalized spacial score (nSPS) is 11.5. The Bertz CT molecular complexity index is 729. The monoisotopic (exact) mass is 340 g/mol. The third kappa shape index (κ3) is 5.95. The third-order valence-corrected chi connectivity index (χ3v) is 3.90. The lowest BCUT2D eigenvalue weighted by Gasteiger charge is -2.13. The Morgan fingerprint density at radius 1 is 1.00 bits per heavy atom. The highest BCUT2D eigenvalue weighted by Crippen LogP contribution is 2.19. The summed E-state index contributed by atoms with van der Waals surface area (Å²) in [6.07, 6.45) is 0.294. The number of nitrogens with one attached hydrogen (secondary N) is 2. The van der Waals surface area contributed by atoms with Gasteiger partial charge in [0.05, 0.1) is 0 Å². The molecule has 5 heteroatoms. The number of aryl methyl sites for hydroxylation is 2. The molecule has 0 aromatic heterocycles. The lowest BCUT2D eigenvalue weighted by Crippen LogP contribution is -2.44. The molecule has 0 saturated heterocycles. The average Bonchev–Trinajstić information content (AvgIpc) is 2.61. The van der Waals surface area contributed by atoms with Crippen LogP contribution in [0.1, 0.15) is 36.0 Å². The van der Waals surface area contributed by atoms with Crippen molar-refractivity contribution in [2.45, 2.75) is 33.1 Å². The van der Waals surface area contributed by atoms with Gasteiger partial charge >= 0.3 is 0 Å². The van der Waals surface area contributed by atoms with Gasteiger partial charge in [0.1, 0.15) is 5.75 Å². The van der Waals surface area contributed by atoms with Crippen LogP contribution in [0, 0.1) is 13.8 Å². The fraction of sp³-hybridized carbons (Fsp3) is 0.300. The number of carbonyl (C=O) groups excluding carboxylic acids is 2. The number of hydrogen-bond acceptors (Lipinski definition) is 3. The summed E-state index contributed by atoms with van der Waals surface area (Å²) in [7, 11) is 0. The second kappa shape index (κ2) is 8.87. The van der Waals surface area contributed by atoms with Gasteiger partial charge in [0.25, 0.3) is 5.91 Å². The summed E-state index contributed by atoms with van der Waals surface area (Å²) in [4.78, 5) is 23.8. The fourth-order valence-corrected chi connectivity index (χ4v) is 2.41. The van der Waals surface area contributed by atoms with Gasteiger partial charge in [0.15, 0.2) is 6.61 Å². The molecule has 1 unspecified atom stereocenters. The average molecular weight is 340 g/mol. The Labute approximate surface area is 148 Å². The molecule has 25 heavy (non-hydrogen) atoms. The molecule has 0 aliphatic rings. The molecule has 0 saturated carbocycles. The minimum absolute atomic E-state index is 0.0734. The first kappa shape index (κ1) is 18.5. The van der Waals surface area contributed by atoms with E-state index in [1.54, 1.807) is 0 Å². The van der Waals surface area contributed by atoms with Gasteiger partial charge in [-0.2, -0.15) is 0 Å². The molecule has 0 bridgehead atoms. The number of ether oxygens (including phenoxy) is 1. The summed E-state index contributed by atoms with van der Waals surface area (Å²) in [5.74, 6) is 0.0986. The maximum Gasteiger partial charge on any atom is 0.276 e. The molecule has 5 nitrogen and oxygen atoms in total. The standard InChI is InChI=1S/C20H24N2O3/c1-14-9-10-15(2)18(11-14)25-13-20(24)22-21-19(23)12-16(3)17-7-5-4-6-8-17/h4-11,16H,12-13H2,1-3H3,(H,21,23)(H,22,24). The van der Waals surface area contributed by atoms with Crippen LogP contribution in [0.25, 0.3) is 0 Å². The number of hydrogen-bond donors (Lipinski definition) is 2. The van der Waals surface area contributed by atoms with E-state index in [1.807, 2.05) is 69.3 Å². The van der Waals surface area contributed by atoms with Crippen LogP contribution in [0.4, 0.5) is 0 Å². The predicted molar refractivity (Wildman–Crippen MR) is 97.2 cm³/mol. The lowest BCUT2D eigenvalue weighted by atomic mass is 9.98. The topological polar surface area (TPSA) is 67.4 Å². The van der Waals surface area contributed by atoms with E-state index in [9.17, 15) is 9.59 Å². The molecule has 2 aromatic rings. The first-order chi connectivity index (χ1) is 12.0. The number of hydrazine groups is 1. The van der Waals surface area contributed by atoms with E-state index in [0.29, 0.717) is 12.2 Å². The van der Waals surface area contributed by atoms with Gasteiger partial charge in [-0.15, -0.1) is 0 Å². The van der Waals surface area contributed by atoms with E-state index in [-0.39, 0.29) is 18.4 Å². The quantitative estimate of drug-likeness (QED) is 0.794. The van der Waals surface area contributed by atoms with Crippen LogP contribution in [0.15, 0.2) is 48.5 Å². The molecule has 2 aromatic carbocycles. The Morgan fingerprint density at radius 3 is 2.40 bits per heavy atom. The lowest BCUT2D eigenvalue weighted by molar-refractivity contribution is -0.130. The van der Waals surface area contributed by atoms with Crippen molar-refractivity contribution in [1.82, 2.24) is 10.9 Å². The van der Waals surface area contributed by atoms with Crippen molar-refractivity contribution >= 4 is 11.8 Å². The zero-order valence-corrected chi connectivity index (χ0v) is 14.8. The van der Waals surface area contributed by atoms with Gasteiger partial charge in [-0.3, -0.25) is 20.4 Å². The van der Waals surface area contributed by atoms with Crippen LogP contribution in [0.2, 0.25) is 0 Å². The maximum absolute atomic E-state index is 11.9. The van der Waals surface area contributed by atoms with Crippen LogP contribution >= 0.6 is 0 Å². The summed E-state index contributed by atoms with van der Waals surface area (Å²) in [6.45, 7) is 5.69. The molecule has 2 amide bonds. The molecule has 0 aliphatic carbocycles. The summed E-state index contributed by atoms with van der Waals surface area (Å²) >= 11 is 0. The molecule has 0 aliphatic heterocycles. The molecule has 0 radical (unpaired) electrons. The van der Waals surface area contributed by atoms with E-state index in [1.165, 1.54) is 0 Å². The highest BCUT2D eigenvalue weighted by molar-refractivity contribution is 5.83. The number of carbonyl (C=O) groups is 2. The van der Waals surface area contributed by atoms with Gasteiger partial charge < -0.3 is 4.74 Å². The van der Waals surface area contributed by atoms with Crippen LogP contribution in [-0.4, -0.2) is 18.4 Å². The minimum Gasteiger partial charge on any atom is -0.483 e. The molecule has 0 spiro atoms. The zero-order valence-electron chi connectivity index (χ0n) is 14.8. The van der Waals surface area contributed by atoms with E-state index in [0.717, 1.165) is 16.7 Å². The van der Waals surface area contributed by atoms with Crippen LogP contribution < -0.4 is 15.6 Å². The van der Waals surface area contributed by atoms with Crippen LogP contribution in [0.5, 0.6) is 5.75 Å². The Morgan fingerprint density at radius 2 is 1.68 bits per heavy atom. The summed E-state index contributed by atoms with van der Waals surface area (Å²) in [6, 6.07) is 15.6. The molecule has 1 atom stereocenters. The van der Waals surface area contributed by atoms with Crippen molar-refractivity contribution in [1.29, 1.82) is 0 Å². The Kier molecular flexibility index (Phi) is 6.57. The summed E-state index contributed by atoms with van der Waals surface area (Å²) in [5.41, 5.74) is 7.91. The van der Waals surface area contributed by atoms with Crippen molar-refractivity contribution in [3.63, 3.8) is 0 Å². The van der Waals surface area contributed by atoms with Crippen molar-refractivity contribution in [3.05, 3.63) is 65.2 Å². The second-order valence-electron chi connectivity index (χ2n) is 6.17. The van der Waals surface area contributed by atoms with Crippen LogP contribution in [0.3, 0.4) is 0 Å².